The van der Waals surface area contributed by atoms with Crippen LogP contribution in [0, 0.1) is 0 Å². The van der Waals surface area contributed by atoms with Crippen molar-refractivity contribution in [2.24, 2.45) is 0 Å². The van der Waals surface area contributed by atoms with Crippen molar-refractivity contribution < 1.29 is 29.3 Å². The highest BCUT2D eigenvalue weighted by molar-refractivity contribution is 6.51. The average molecular weight is 500 g/mol. The minimum Gasteiger partial charge on any atom is -0.507 e. The van der Waals surface area contributed by atoms with Crippen LogP contribution in [-0.2, 0) is 9.59 Å². The highest BCUT2D eigenvalue weighted by atomic mass is 35.5. The van der Waals surface area contributed by atoms with E-state index in [1.165, 1.54) is 43.4 Å². The van der Waals surface area contributed by atoms with Crippen LogP contribution in [0.1, 0.15) is 17.2 Å². The molecule has 3 aromatic rings. The van der Waals surface area contributed by atoms with Gasteiger partial charge in [0, 0.05) is 16.3 Å². The van der Waals surface area contributed by atoms with Crippen molar-refractivity contribution >= 4 is 46.3 Å². The van der Waals surface area contributed by atoms with Gasteiger partial charge in [0.25, 0.3) is 11.7 Å². The van der Waals surface area contributed by atoms with Gasteiger partial charge >= 0.3 is 0 Å². The molecule has 3 aromatic carbocycles. The molecule has 0 spiro atoms. The van der Waals surface area contributed by atoms with Gasteiger partial charge in [-0.15, -0.1) is 0 Å². The Labute approximate surface area is 205 Å². The van der Waals surface area contributed by atoms with Gasteiger partial charge in [-0.25, -0.2) is 0 Å². The molecule has 1 atom stereocenters. The van der Waals surface area contributed by atoms with Crippen LogP contribution >= 0.6 is 23.2 Å². The van der Waals surface area contributed by atoms with Gasteiger partial charge in [-0.05, 0) is 60.2 Å². The summed E-state index contributed by atoms with van der Waals surface area (Å²) in [5.41, 5.74) is 0.834. The zero-order chi connectivity index (χ0) is 24.6. The minimum absolute atomic E-state index is 0.161. The van der Waals surface area contributed by atoms with Crippen molar-refractivity contribution in [3.05, 3.63) is 87.4 Å². The van der Waals surface area contributed by atoms with Crippen LogP contribution < -0.4 is 14.4 Å². The molecule has 0 saturated carbocycles. The second-order valence-electron chi connectivity index (χ2n) is 7.43. The summed E-state index contributed by atoms with van der Waals surface area (Å²) < 4.78 is 10.3. The molecule has 0 aromatic heterocycles. The number of rotatable bonds is 5. The van der Waals surface area contributed by atoms with E-state index in [2.05, 4.69) is 0 Å². The normalized spacial score (nSPS) is 17.2. The van der Waals surface area contributed by atoms with Gasteiger partial charge in [0.2, 0.25) is 0 Å². The average Bonchev–Trinajstić information content (AvgIpc) is 3.09. The van der Waals surface area contributed by atoms with Crippen LogP contribution in [0.25, 0.3) is 5.76 Å². The number of hydrogen-bond acceptors (Lipinski definition) is 6. The van der Waals surface area contributed by atoms with Crippen molar-refractivity contribution in [2.45, 2.75) is 6.04 Å². The number of carbonyl (C=O) groups is 2. The molecule has 1 saturated heterocycles. The Bertz CT molecular complexity index is 1320. The minimum atomic E-state index is -1.04. The number of aliphatic hydroxyl groups is 1. The number of halogens is 2. The topological polar surface area (TPSA) is 96.3 Å². The number of amides is 1. The predicted octanol–water partition coefficient (Wildman–Crippen LogP) is 5.34. The second kappa shape index (κ2) is 9.29. The molecule has 174 valence electrons. The van der Waals surface area contributed by atoms with Crippen LogP contribution in [0.4, 0.5) is 5.69 Å². The molecular formula is C25H19Cl2NO6. The van der Waals surface area contributed by atoms with Crippen molar-refractivity contribution in [3.63, 3.8) is 0 Å². The summed E-state index contributed by atoms with van der Waals surface area (Å²) in [5.74, 6) is -1.73. The summed E-state index contributed by atoms with van der Waals surface area (Å²) in [5, 5.41) is 22.2. The van der Waals surface area contributed by atoms with E-state index in [-0.39, 0.29) is 27.7 Å². The SMILES string of the molecule is COc1ccc(C2/C(=C(/O)c3ccc(OC)c(Cl)c3)C(=O)C(=O)N2c2ccc(Cl)cc2)cc1O. The second-order valence-corrected chi connectivity index (χ2v) is 8.27. The molecule has 1 heterocycles. The number of ketones is 1. The summed E-state index contributed by atoms with van der Waals surface area (Å²) in [6, 6.07) is 14.3. The zero-order valence-corrected chi connectivity index (χ0v) is 19.6. The maximum Gasteiger partial charge on any atom is 0.300 e. The van der Waals surface area contributed by atoms with E-state index in [4.69, 9.17) is 32.7 Å². The number of phenolic OH excluding ortho intramolecular Hbond substituents is 1. The lowest BCUT2D eigenvalue weighted by atomic mass is 9.94. The Kier molecular flexibility index (Phi) is 6.41. The maximum atomic E-state index is 13.2. The Morgan fingerprint density at radius 2 is 1.56 bits per heavy atom. The number of benzene rings is 3. The first kappa shape index (κ1) is 23.5. The fourth-order valence-electron chi connectivity index (χ4n) is 3.86. The summed E-state index contributed by atoms with van der Waals surface area (Å²) in [6.07, 6.45) is 0. The molecule has 0 aliphatic carbocycles. The third-order valence-corrected chi connectivity index (χ3v) is 6.04. The van der Waals surface area contributed by atoms with E-state index in [1.54, 1.807) is 36.4 Å². The molecule has 7 nitrogen and oxygen atoms in total. The van der Waals surface area contributed by atoms with Crippen LogP contribution in [0.2, 0.25) is 10.0 Å². The predicted molar refractivity (Wildman–Crippen MR) is 129 cm³/mol. The third kappa shape index (κ3) is 4.04. The molecule has 0 radical (unpaired) electrons. The molecule has 1 unspecified atom stereocenters. The molecule has 2 N–H and O–H groups in total. The number of aromatic hydroxyl groups is 1. The van der Waals surface area contributed by atoms with Gasteiger partial charge in [-0.2, -0.15) is 0 Å². The van der Waals surface area contributed by atoms with E-state index >= 15 is 0 Å². The quantitative estimate of drug-likeness (QED) is 0.279. The zero-order valence-electron chi connectivity index (χ0n) is 18.1. The number of anilines is 1. The smallest absolute Gasteiger partial charge is 0.300 e. The number of hydrogen-bond donors (Lipinski definition) is 2. The van der Waals surface area contributed by atoms with Gasteiger partial charge in [-0.1, -0.05) is 29.3 Å². The molecule has 34 heavy (non-hydrogen) atoms. The van der Waals surface area contributed by atoms with Crippen LogP contribution in [0.5, 0.6) is 17.2 Å². The number of ether oxygens (including phenoxy) is 2. The van der Waals surface area contributed by atoms with E-state index in [1.807, 2.05) is 0 Å². The fraction of sp³-hybridized carbons (Fsp3) is 0.120. The van der Waals surface area contributed by atoms with E-state index in [0.29, 0.717) is 22.0 Å². The first-order valence-electron chi connectivity index (χ1n) is 10.0. The first-order chi connectivity index (χ1) is 16.3. The van der Waals surface area contributed by atoms with Gasteiger partial charge in [0.05, 0.1) is 30.9 Å². The molecule has 4 rings (SSSR count). The van der Waals surface area contributed by atoms with Gasteiger partial charge in [-0.3, -0.25) is 14.5 Å². The van der Waals surface area contributed by atoms with Gasteiger partial charge < -0.3 is 19.7 Å². The van der Waals surface area contributed by atoms with Crippen molar-refractivity contribution in [1.29, 1.82) is 0 Å². The molecule has 1 fully saturated rings. The van der Waals surface area contributed by atoms with E-state index in [9.17, 15) is 19.8 Å². The molecule has 1 aliphatic rings. The molecular weight excluding hydrogens is 481 g/mol. The maximum absolute atomic E-state index is 13.2. The Morgan fingerprint density at radius 3 is 2.15 bits per heavy atom. The lowest BCUT2D eigenvalue weighted by Crippen LogP contribution is -2.29. The Balaban J connectivity index is 1.95. The number of aliphatic hydroxyl groups excluding tert-OH is 1. The number of phenols is 1. The lowest BCUT2D eigenvalue weighted by molar-refractivity contribution is -0.132. The molecule has 0 bridgehead atoms. The van der Waals surface area contributed by atoms with Crippen molar-refractivity contribution in [3.8, 4) is 17.2 Å². The van der Waals surface area contributed by atoms with Crippen LogP contribution in [0.3, 0.4) is 0 Å². The Morgan fingerprint density at radius 1 is 0.912 bits per heavy atom. The summed E-state index contributed by atoms with van der Waals surface area (Å²) >= 11 is 12.2. The fourth-order valence-corrected chi connectivity index (χ4v) is 4.25. The number of methoxy groups -OCH3 is 2. The summed E-state index contributed by atoms with van der Waals surface area (Å²) in [4.78, 5) is 27.6. The number of Topliss-reactive ketones (excluding diaryl/α,β-unsaturated/α-hetero) is 1. The van der Waals surface area contributed by atoms with Gasteiger partial charge in [0.1, 0.15) is 11.5 Å². The largest absolute Gasteiger partial charge is 0.507 e. The third-order valence-electron chi connectivity index (χ3n) is 5.49. The van der Waals surface area contributed by atoms with Crippen molar-refractivity contribution in [1.82, 2.24) is 0 Å². The summed E-state index contributed by atoms with van der Waals surface area (Å²) in [6.45, 7) is 0. The van der Waals surface area contributed by atoms with Crippen LogP contribution in [0.15, 0.2) is 66.2 Å². The molecule has 1 amide bonds. The number of nitrogens with zero attached hydrogens (tertiary/aromatic N) is 1. The van der Waals surface area contributed by atoms with Crippen molar-refractivity contribution in [2.75, 3.05) is 19.1 Å². The van der Waals surface area contributed by atoms with E-state index in [0.717, 1.165) is 0 Å². The monoisotopic (exact) mass is 499 g/mol. The number of carbonyl (C=O) groups excluding carboxylic acids is 2. The molecule has 9 heteroatoms. The lowest BCUT2D eigenvalue weighted by Gasteiger charge is -2.26. The van der Waals surface area contributed by atoms with E-state index < -0.39 is 23.5 Å². The first-order valence-corrected chi connectivity index (χ1v) is 10.8. The summed E-state index contributed by atoms with van der Waals surface area (Å²) in [7, 11) is 2.86. The highest BCUT2D eigenvalue weighted by Crippen LogP contribution is 2.44. The van der Waals surface area contributed by atoms with Gasteiger partial charge in [0.15, 0.2) is 11.5 Å². The standard InChI is InChI=1S/C25H19Cl2NO6/c1-33-19-9-4-14(11-17(19)27)23(30)21-22(13-3-10-20(34-2)18(29)12-13)28(25(32)24(21)31)16-7-5-15(26)6-8-16/h3-12,22,29-30H,1-2H3/b23-21-. The van der Waals surface area contributed by atoms with Crippen LogP contribution in [-0.4, -0.2) is 36.1 Å². The molecule has 1 aliphatic heterocycles. The Hall–Kier alpha value is -3.68. The highest BCUT2D eigenvalue weighted by Gasteiger charge is 2.47.